The van der Waals surface area contributed by atoms with Crippen LogP contribution in [0, 0.1) is 11.3 Å². The smallest absolute Gasteiger partial charge is 0.108 e. The predicted molar refractivity (Wildman–Crippen MR) is 68.3 cm³/mol. The molecule has 5 heteroatoms. The van der Waals surface area contributed by atoms with Crippen LogP contribution < -0.4 is 0 Å². The third kappa shape index (κ3) is 2.06. The molecule has 0 unspecified atom stereocenters. The van der Waals surface area contributed by atoms with Gasteiger partial charge in [-0.1, -0.05) is 33.2 Å². The van der Waals surface area contributed by atoms with Gasteiger partial charge in [0.25, 0.3) is 0 Å². The summed E-state index contributed by atoms with van der Waals surface area (Å²) in [6.45, 7) is 1.49. The Morgan fingerprint density at radius 3 is 2.76 bits per heavy atom. The molecule has 0 spiro atoms. The first-order valence-corrected chi connectivity index (χ1v) is 5.98. The molecule has 0 amide bonds. The van der Waals surface area contributed by atoms with E-state index in [0.717, 1.165) is 28.7 Å². The van der Waals surface area contributed by atoms with Gasteiger partial charge < -0.3 is 10.1 Å². The Hall–Kier alpha value is -1.38. The van der Waals surface area contributed by atoms with Crippen molar-refractivity contribution in [3.63, 3.8) is 0 Å². The van der Waals surface area contributed by atoms with Gasteiger partial charge in [0, 0.05) is 17.6 Å². The normalized spacial score (nSPS) is 18.9. The van der Waals surface area contributed by atoms with Crippen molar-refractivity contribution in [2.45, 2.75) is 5.41 Å². The number of likely N-dealkylation sites (N-methyl/N-ethyl adjacent to an activating group) is 1. The molecule has 0 aromatic heterocycles. The molecular formula is C12H12BrN3O. The van der Waals surface area contributed by atoms with Crippen molar-refractivity contribution in [3.8, 4) is 6.07 Å². The largest absolute Gasteiger partial charge is 0.411 e. The minimum Gasteiger partial charge on any atom is -0.411 e. The van der Waals surface area contributed by atoms with Crippen molar-refractivity contribution in [1.29, 1.82) is 5.26 Å². The third-order valence-electron chi connectivity index (χ3n) is 3.01. The molecule has 17 heavy (non-hydrogen) atoms. The average Bonchev–Trinajstić information content (AvgIpc) is 2.26. The highest BCUT2D eigenvalue weighted by molar-refractivity contribution is 9.10. The second-order valence-corrected chi connectivity index (χ2v) is 5.20. The highest BCUT2D eigenvalue weighted by Crippen LogP contribution is 2.37. The first-order chi connectivity index (χ1) is 8.11. The first-order valence-electron chi connectivity index (χ1n) is 5.18. The van der Waals surface area contributed by atoms with Crippen molar-refractivity contribution >= 4 is 22.1 Å². The van der Waals surface area contributed by atoms with E-state index >= 15 is 0 Å². The summed E-state index contributed by atoms with van der Waals surface area (Å²) >= 11 is 3.48. The Labute approximate surface area is 108 Å². The summed E-state index contributed by atoms with van der Waals surface area (Å²) in [4.78, 5) is 2.11. The summed E-state index contributed by atoms with van der Waals surface area (Å²) < 4.78 is 0.879. The Morgan fingerprint density at radius 1 is 1.59 bits per heavy atom. The number of nitriles is 1. The lowest BCUT2D eigenvalue weighted by Gasteiger charge is -2.44. The lowest BCUT2D eigenvalue weighted by Crippen LogP contribution is -2.56. The van der Waals surface area contributed by atoms with E-state index in [2.05, 4.69) is 32.1 Å². The molecule has 1 aromatic rings. The molecule has 1 heterocycles. The number of rotatable bonds is 2. The van der Waals surface area contributed by atoms with E-state index in [-0.39, 0.29) is 0 Å². The lowest BCUT2D eigenvalue weighted by atomic mass is 9.75. The molecule has 0 radical (unpaired) electrons. The van der Waals surface area contributed by atoms with Crippen molar-refractivity contribution < 1.29 is 5.21 Å². The van der Waals surface area contributed by atoms with Gasteiger partial charge in [-0.25, -0.2) is 0 Å². The molecule has 2 rings (SSSR count). The standard InChI is InChI=1S/C12H12BrN3O/c1-16-7-12(6-14,8-16)10-3-2-9(5-15-17)4-11(10)13/h2-5,17H,7-8H2,1H3/b15-5+. The van der Waals surface area contributed by atoms with Gasteiger partial charge in [0.2, 0.25) is 0 Å². The number of benzene rings is 1. The molecule has 1 N–H and O–H groups in total. The molecule has 1 aliphatic heterocycles. The van der Waals surface area contributed by atoms with Gasteiger partial charge in [-0.3, -0.25) is 0 Å². The van der Waals surface area contributed by atoms with Gasteiger partial charge in [0.15, 0.2) is 0 Å². The Bertz CT molecular complexity index is 501. The summed E-state index contributed by atoms with van der Waals surface area (Å²) in [5.74, 6) is 0. The van der Waals surface area contributed by atoms with Gasteiger partial charge in [-0.2, -0.15) is 5.26 Å². The minimum absolute atomic E-state index is 0.414. The minimum atomic E-state index is -0.414. The van der Waals surface area contributed by atoms with Gasteiger partial charge >= 0.3 is 0 Å². The van der Waals surface area contributed by atoms with E-state index in [9.17, 15) is 5.26 Å². The highest BCUT2D eigenvalue weighted by Gasteiger charge is 2.44. The number of hydrogen-bond donors (Lipinski definition) is 1. The summed E-state index contributed by atoms with van der Waals surface area (Å²) in [6, 6.07) is 8.01. The highest BCUT2D eigenvalue weighted by atomic mass is 79.9. The van der Waals surface area contributed by atoms with Crippen molar-refractivity contribution in [2.75, 3.05) is 20.1 Å². The molecule has 88 valence electrons. The molecule has 0 bridgehead atoms. The summed E-state index contributed by atoms with van der Waals surface area (Å²) in [5.41, 5.74) is 1.37. The van der Waals surface area contributed by atoms with Crippen LogP contribution in [0.5, 0.6) is 0 Å². The van der Waals surface area contributed by atoms with Gasteiger partial charge in [-0.15, -0.1) is 0 Å². The molecular weight excluding hydrogens is 282 g/mol. The van der Waals surface area contributed by atoms with Crippen molar-refractivity contribution in [2.24, 2.45) is 5.16 Å². The molecule has 1 aliphatic rings. The van der Waals surface area contributed by atoms with Crippen LogP contribution in [0.15, 0.2) is 27.8 Å². The van der Waals surface area contributed by atoms with E-state index in [0.29, 0.717) is 0 Å². The summed E-state index contributed by atoms with van der Waals surface area (Å²) in [6.07, 6.45) is 1.36. The maximum atomic E-state index is 9.34. The second-order valence-electron chi connectivity index (χ2n) is 4.35. The van der Waals surface area contributed by atoms with E-state index in [1.807, 2.05) is 25.2 Å². The van der Waals surface area contributed by atoms with Crippen molar-refractivity contribution in [1.82, 2.24) is 4.90 Å². The number of halogens is 1. The SMILES string of the molecule is CN1CC(C#N)(c2ccc(/C=N/O)cc2Br)C1. The van der Waals surface area contributed by atoms with Crippen LogP contribution in [-0.4, -0.2) is 36.5 Å². The van der Waals surface area contributed by atoms with E-state index in [1.165, 1.54) is 6.21 Å². The Kier molecular flexibility index (Phi) is 3.18. The molecule has 1 fully saturated rings. The van der Waals surface area contributed by atoms with Crippen LogP contribution in [0.4, 0.5) is 0 Å². The lowest BCUT2D eigenvalue weighted by molar-refractivity contribution is 0.137. The Balaban J connectivity index is 2.37. The molecule has 1 aromatic carbocycles. The van der Waals surface area contributed by atoms with Crippen LogP contribution in [0.1, 0.15) is 11.1 Å². The monoisotopic (exact) mass is 293 g/mol. The zero-order valence-electron chi connectivity index (χ0n) is 9.39. The van der Waals surface area contributed by atoms with Crippen LogP contribution >= 0.6 is 15.9 Å². The van der Waals surface area contributed by atoms with Crippen LogP contribution in [0.3, 0.4) is 0 Å². The number of nitrogens with zero attached hydrogens (tertiary/aromatic N) is 3. The average molecular weight is 294 g/mol. The van der Waals surface area contributed by atoms with Crippen LogP contribution in [0.2, 0.25) is 0 Å². The fraction of sp³-hybridized carbons (Fsp3) is 0.333. The van der Waals surface area contributed by atoms with Crippen molar-refractivity contribution in [3.05, 3.63) is 33.8 Å². The second kappa shape index (κ2) is 4.47. The molecule has 0 saturated carbocycles. The Morgan fingerprint density at radius 2 is 2.29 bits per heavy atom. The maximum Gasteiger partial charge on any atom is 0.108 e. The van der Waals surface area contributed by atoms with E-state index < -0.39 is 5.41 Å². The van der Waals surface area contributed by atoms with Gasteiger partial charge in [0.1, 0.15) is 5.41 Å². The zero-order valence-corrected chi connectivity index (χ0v) is 11.0. The van der Waals surface area contributed by atoms with E-state index in [1.54, 1.807) is 0 Å². The molecule has 1 saturated heterocycles. The maximum absolute atomic E-state index is 9.34. The topological polar surface area (TPSA) is 59.6 Å². The fourth-order valence-corrected chi connectivity index (χ4v) is 3.02. The van der Waals surface area contributed by atoms with E-state index in [4.69, 9.17) is 5.21 Å². The summed E-state index contributed by atoms with van der Waals surface area (Å²) in [7, 11) is 2.00. The third-order valence-corrected chi connectivity index (χ3v) is 3.67. The number of hydrogen-bond acceptors (Lipinski definition) is 4. The zero-order chi connectivity index (χ0) is 12.5. The molecule has 0 atom stereocenters. The number of likely N-dealkylation sites (tertiary alicyclic amines) is 1. The number of oxime groups is 1. The van der Waals surface area contributed by atoms with Crippen LogP contribution in [-0.2, 0) is 5.41 Å². The summed E-state index contributed by atoms with van der Waals surface area (Å²) in [5, 5.41) is 20.8. The van der Waals surface area contributed by atoms with Gasteiger partial charge in [-0.05, 0) is 24.2 Å². The molecule has 0 aliphatic carbocycles. The first kappa shape index (κ1) is 12.1. The van der Waals surface area contributed by atoms with Gasteiger partial charge in [0.05, 0.1) is 12.3 Å². The predicted octanol–water partition coefficient (Wildman–Crippen LogP) is 1.96. The quantitative estimate of drug-likeness (QED) is 0.515. The van der Waals surface area contributed by atoms with Crippen LogP contribution in [0.25, 0.3) is 0 Å². The molecule has 4 nitrogen and oxygen atoms in total. The fourth-order valence-electron chi connectivity index (χ4n) is 2.24.